The lowest BCUT2D eigenvalue weighted by atomic mass is 9.95. The van der Waals surface area contributed by atoms with Gasteiger partial charge in [0.1, 0.15) is 18.2 Å². The molecular formula is C8H16N2O5. The molecule has 7 heteroatoms. The van der Waals surface area contributed by atoms with Gasteiger partial charge in [-0.25, -0.2) is 0 Å². The van der Waals surface area contributed by atoms with E-state index in [0.29, 0.717) is 0 Å². The van der Waals surface area contributed by atoms with E-state index in [2.05, 4.69) is 5.32 Å². The number of hydrogen-bond acceptors (Lipinski definition) is 6. The van der Waals surface area contributed by atoms with Crippen molar-refractivity contribution in [3.63, 3.8) is 0 Å². The second-order valence-electron chi connectivity index (χ2n) is 3.73. The molecule has 0 aliphatic carbocycles. The largest absolute Gasteiger partial charge is 0.388 e. The van der Waals surface area contributed by atoms with Crippen LogP contribution >= 0.6 is 0 Å². The van der Waals surface area contributed by atoms with Crippen molar-refractivity contribution >= 4 is 5.91 Å². The summed E-state index contributed by atoms with van der Waals surface area (Å²) in [5.74, 6) is -2.68. The van der Waals surface area contributed by atoms with Crippen molar-refractivity contribution in [3.8, 4) is 0 Å². The van der Waals surface area contributed by atoms with Crippen molar-refractivity contribution in [2.24, 2.45) is 5.73 Å². The number of amides is 1. The number of aliphatic hydroxyl groups is 3. The van der Waals surface area contributed by atoms with E-state index in [4.69, 9.17) is 10.5 Å². The summed E-state index contributed by atoms with van der Waals surface area (Å²) in [5, 5.41) is 30.9. The predicted molar refractivity (Wildman–Crippen MR) is 49.3 cm³/mol. The SMILES string of the molecule is CC(=O)N[C@@H]1[C@@H](O)[C@@H](O)[C@@H](C)OC1(N)O. The lowest BCUT2D eigenvalue weighted by Gasteiger charge is -2.44. The van der Waals surface area contributed by atoms with Crippen molar-refractivity contribution < 1.29 is 24.9 Å². The van der Waals surface area contributed by atoms with Gasteiger partial charge in [0.2, 0.25) is 11.8 Å². The molecule has 1 saturated heterocycles. The van der Waals surface area contributed by atoms with Crippen LogP contribution in [0.1, 0.15) is 13.8 Å². The van der Waals surface area contributed by atoms with Gasteiger partial charge in [-0.05, 0) is 6.92 Å². The molecule has 0 aromatic carbocycles. The normalized spacial score (nSPS) is 46.3. The molecular weight excluding hydrogens is 204 g/mol. The van der Waals surface area contributed by atoms with Gasteiger partial charge in [0.05, 0.1) is 6.10 Å². The highest BCUT2D eigenvalue weighted by Gasteiger charge is 2.50. The number of aliphatic hydroxyl groups excluding tert-OH is 2. The van der Waals surface area contributed by atoms with Crippen LogP contribution in [0.15, 0.2) is 0 Å². The molecule has 6 N–H and O–H groups in total. The molecule has 88 valence electrons. The van der Waals surface area contributed by atoms with E-state index in [1.165, 1.54) is 13.8 Å². The van der Waals surface area contributed by atoms with Gasteiger partial charge in [-0.1, -0.05) is 0 Å². The second kappa shape index (κ2) is 4.03. The third-order valence-electron chi connectivity index (χ3n) is 2.35. The molecule has 1 fully saturated rings. The molecule has 1 heterocycles. The van der Waals surface area contributed by atoms with Gasteiger partial charge in [0.25, 0.3) is 0 Å². The van der Waals surface area contributed by atoms with Crippen molar-refractivity contribution in [2.45, 2.75) is 44.1 Å². The van der Waals surface area contributed by atoms with Crippen molar-refractivity contribution in [1.82, 2.24) is 5.32 Å². The fourth-order valence-corrected chi connectivity index (χ4v) is 1.57. The predicted octanol–water partition coefficient (Wildman–Crippen LogP) is -2.76. The second-order valence-corrected chi connectivity index (χ2v) is 3.73. The summed E-state index contributed by atoms with van der Waals surface area (Å²) in [6.45, 7) is 2.66. The summed E-state index contributed by atoms with van der Waals surface area (Å²) in [5.41, 5.74) is 5.36. The molecule has 0 saturated carbocycles. The third-order valence-corrected chi connectivity index (χ3v) is 2.35. The Morgan fingerprint density at radius 2 is 2.00 bits per heavy atom. The zero-order valence-electron chi connectivity index (χ0n) is 8.54. The van der Waals surface area contributed by atoms with Crippen molar-refractivity contribution in [1.29, 1.82) is 0 Å². The molecule has 15 heavy (non-hydrogen) atoms. The first kappa shape index (κ1) is 12.3. The van der Waals surface area contributed by atoms with Crippen LogP contribution in [-0.4, -0.2) is 51.5 Å². The van der Waals surface area contributed by atoms with E-state index in [-0.39, 0.29) is 0 Å². The standard InChI is InChI=1S/C8H16N2O5/c1-3-5(12)6(13)7(10-4(2)11)8(9,14)15-3/h3,5-7,12-14H,9H2,1-2H3,(H,10,11)/t3-,5+,6+,7-,8?/m1/s1. The Morgan fingerprint density at radius 3 is 2.47 bits per heavy atom. The summed E-state index contributed by atoms with van der Waals surface area (Å²) in [6.07, 6.45) is -3.42. The minimum Gasteiger partial charge on any atom is -0.388 e. The van der Waals surface area contributed by atoms with Crippen molar-refractivity contribution in [3.05, 3.63) is 0 Å². The van der Waals surface area contributed by atoms with Gasteiger partial charge in [-0.3, -0.25) is 10.5 Å². The first-order chi connectivity index (χ1) is 6.75. The van der Waals surface area contributed by atoms with Crippen LogP contribution in [0, 0.1) is 0 Å². The summed E-state index contributed by atoms with van der Waals surface area (Å²) < 4.78 is 4.88. The van der Waals surface area contributed by atoms with Gasteiger partial charge < -0.3 is 25.4 Å². The zero-order valence-corrected chi connectivity index (χ0v) is 8.54. The first-order valence-corrected chi connectivity index (χ1v) is 4.58. The van der Waals surface area contributed by atoms with Crippen LogP contribution in [0.25, 0.3) is 0 Å². The number of hydrogen-bond donors (Lipinski definition) is 5. The summed E-state index contributed by atoms with van der Waals surface area (Å²) in [7, 11) is 0. The number of carbonyl (C=O) groups excluding carboxylic acids is 1. The van der Waals surface area contributed by atoms with E-state index >= 15 is 0 Å². The maximum atomic E-state index is 10.8. The average molecular weight is 220 g/mol. The van der Waals surface area contributed by atoms with Gasteiger partial charge in [-0.2, -0.15) is 0 Å². The molecule has 1 rings (SSSR count). The number of carbonyl (C=O) groups is 1. The molecule has 0 spiro atoms. The van der Waals surface area contributed by atoms with E-state index < -0.39 is 36.2 Å². The van der Waals surface area contributed by atoms with Crippen LogP contribution in [0.2, 0.25) is 0 Å². The summed E-state index contributed by atoms with van der Waals surface area (Å²) in [4.78, 5) is 10.8. The maximum Gasteiger partial charge on any atom is 0.246 e. The van der Waals surface area contributed by atoms with E-state index in [0.717, 1.165) is 0 Å². The zero-order chi connectivity index (χ0) is 11.8. The molecule has 1 amide bonds. The highest BCUT2D eigenvalue weighted by molar-refractivity contribution is 5.73. The first-order valence-electron chi connectivity index (χ1n) is 4.58. The molecule has 0 aromatic rings. The Bertz CT molecular complexity index is 257. The van der Waals surface area contributed by atoms with E-state index in [9.17, 15) is 20.1 Å². The fraction of sp³-hybridized carbons (Fsp3) is 0.875. The van der Waals surface area contributed by atoms with E-state index in [1.807, 2.05) is 0 Å². The summed E-state index contributed by atoms with van der Waals surface area (Å²) in [6, 6.07) is -1.26. The minimum absolute atomic E-state index is 0.492. The van der Waals surface area contributed by atoms with Gasteiger partial charge in [-0.15, -0.1) is 0 Å². The third kappa shape index (κ3) is 2.44. The lowest BCUT2D eigenvalue weighted by molar-refractivity contribution is -0.307. The smallest absolute Gasteiger partial charge is 0.246 e. The summed E-state index contributed by atoms with van der Waals surface area (Å²) >= 11 is 0. The Labute approximate surface area is 86.8 Å². The topological polar surface area (TPSA) is 125 Å². The maximum absolute atomic E-state index is 10.8. The van der Waals surface area contributed by atoms with Crippen LogP contribution < -0.4 is 11.1 Å². The van der Waals surface area contributed by atoms with Gasteiger partial charge in [0, 0.05) is 6.92 Å². The minimum atomic E-state index is -2.19. The van der Waals surface area contributed by atoms with Crippen LogP contribution in [0.4, 0.5) is 0 Å². The molecule has 0 radical (unpaired) electrons. The lowest BCUT2D eigenvalue weighted by Crippen LogP contribution is -2.72. The number of nitrogens with one attached hydrogen (secondary N) is 1. The Hall–Kier alpha value is -0.730. The average Bonchev–Trinajstić information content (AvgIpc) is 2.08. The number of nitrogens with two attached hydrogens (primary N) is 1. The van der Waals surface area contributed by atoms with Crippen LogP contribution in [-0.2, 0) is 9.53 Å². The molecule has 5 atom stereocenters. The van der Waals surface area contributed by atoms with Crippen LogP contribution in [0.5, 0.6) is 0 Å². The quantitative estimate of drug-likeness (QED) is 0.305. The van der Waals surface area contributed by atoms with Crippen LogP contribution in [0.3, 0.4) is 0 Å². The van der Waals surface area contributed by atoms with E-state index in [1.54, 1.807) is 0 Å². The Balaban J connectivity index is 2.85. The highest BCUT2D eigenvalue weighted by Crippen LogP contribution is 2.24. The molecule has 1 unspecified atom stereocenters. The monoisotopic (exact) mass is 220 g/mol. The molecule has 7 nitrogen and oxygen atoms in total. The molecule has 1 aliphatic heterocycles. The molecule has 0 aromatic heterocycles. The number of ether oxygens (including phenoxy) is 1. The highest BCUT2D eigenvalue weighted by atomic mass is 16.7. The van der Waals surface area contributed by atoms with Crippen molar-refractivity contribution in [2.75, 3.05) is 0 Å². The Morgan fingerprint density at radius 1 is 1.47 bits per heavy atom. The Kier molecular flexibility index (Phi) is 3.31. The fourth-order valence-electron chi connectivity index (χ4n) is 1.57. The molecule has 1 aliphatic rings. The molecule has 0 bridgehead atoms. The number of rotatable bonds is 1. The van der Waals surface area contributed by atoms with Gasteiger partial charge in [0.15, 0.2) is 0 Å². The van der Waals surface area contributed by atoms with Gasteiger partial charge >= 0.3 is 0 Å².